The van der Waals surface area contributed by atoms with Crippen molar-refractivity contribution >= 4 is 17.9 Å². The summed E-state index contributed by atoms with van der Waals surface area (Å²) in [5.41, 5.74) is 0.403. The molecule has 0 aliphatic rings. The van der Waals surface area contributed by atoms with Gasteiger partial charge in [-0.1, -0.05) is 51.1 Å². The van der Waals surface area contributed by atoms with Crippen LogP contribution in [0.1, 0.15) is 31.1 Å². The van der Waals surface area contributed by atoms with Crippen LogP contribution in [0, 0.1) is 5.41 Å². The zero-order chi connectivity index (χ0) is 12.2. The Kier molecular flexibility index (Phi) is 3.72. The second kappa shape index (κ2) is 4.84. The lowest BCUT2D eigenvalue weighted by Crippen LogP contribution is -2.29. The zero-order valence-corrected chi connectivity index (χ0v) is 9.73. The summed E-state index contributed by atoms with van der Waals surface area (Å²) in [6, 6.07) is 8.84. The van der Waals surface area contributed by atoms with Crippen LogP contribution in [0.25, 0.3) is 0 Å². The number of rotatable bonds is 3. The van der Waals surface area contributed by atoms with Crippen LogP contribution in [-0.4, -0.2) is 17.9 Å². The van der Waals surface area contributed by atoms with E-state index in [4.69, 9.17) is 0 Å². The van der Waals surface area contributed by atoms with Crippen LogP contribution in [0.5, 0.6) is 0 Å². The molecular formula is C13H15NO2. The number of ketones is 1. The molecule has 1 rings (SSSR count). The van der Waals surface area contributed by atoms with Gasteiger partial charge >= 0.3 is 0 Å². The van der Waals surface area contributed by atoms with Crippen LogP contribution in [0.3, 0.4) is 0 Å². The van der Waals surface area contributed by atoms with E-state index < -0.39 is 5.41 Å². The molecular weight excluding hydrogens is 202 g/mol. The monoisotopic (exact) mass is 217 g/mol. The molecule has 84 valence electrons. The average Bonchev–Trinajstić information content (AvgIpc) is 2.25. The number of benzene rings is 1. The molecule has 0 atom stereocenters. The standard InChI is InChI=1S/C13H15NO2/c1-13(2,3)12(14-9-15)11(16)10-7-5-4-6-8-10/h4-9H,1-3H3. The molecule has 0 N–H and O–H groups in total. The molecule has 0 heterocycles. The normalized spacial score (nSPS) is 12.3. The first-order valence-corrected chi connectivity index (χ1v) is 5.08. The Morgan fingerprint density at radius 3 is 2.19 bits per heavy atom. The molecule has 3 nitrogen and oxygen atoms in total. The van der Waals surface area contributed by atoms with Crippen LogP contribution >= 0.6 is 0 Å². The van der Waals surface area contributed by atoms with Gasteiger partial charge in [0.05, 0.1) is 5.71 Å². The number of hydrogen-bond donors (Lipinski definition) is 0. The Bertz CT molecular complexity index is 413. The Labute approximate surface area is 95.2 Å². The minimum absolute atomic E-state index is 0.194. The molecule has 0 fully saturated rings. The van der Waals surface area contributed by atoms with E-state index in [-0.39, 0.29) is 11.5 Å². The highest BCUT2D eigenvalue weighted by molar-refractivity contribution is 6.48. The van der Waals surface area contributed by atoms with Crippen molar-refractivity contribution in [3.8, 4) is 0 Å². The second-order valence-corrected chi connectivity index (χ2v) is 4.53. The van der Waals surface area contributed by atoms with Gasteiger partial charge in [0.15, 0.2) is 0 Å². The molecule has 0 aliphatic carbocycles. The Morgan fingerprint density at radius 2 is 1.75 bits per heavy atom. The van der Waals surface area contributed by atoms with E-state index in [2.05, 4.69) is 4.99 Å². The number of aliphatic imine (C=N–C) groups is 1. The second-order valence-electron chi connectivity index (χ2n) is 4.53. The maximum atomic E-state index is 12.1. The van der Waals surface area contributed by atoms with Gasteiger partial charge in [0.2, 0.25) is 12.2 Å². The van der Waals surface area contributed by atoms with E-state index in [1.165, 1.54) is 0 Å². The Hall–Kier alpha value is -1.77. The summed E-state index contributed by atoms with van der Waals surface area (Å²) in [7, 11) is 0. The van der Waals surface area contributed by atoms with E-state index >= 15 is 0 Å². The molecule has 16 heavy (non-hydrogen) atoms. The van der Waals surface area contributed by atoms with E-state index in [9.17, 15) is 9.59 Å². The molecule has 0 saturated heterocycles. The fourth-order valence-electron chi connectivity index (χ4n) is 1.37. The largest absolute Gasteiger partial charge is 0.287 e. The fourth-order valence-corrected chi connectivity index (χ4v) is 1.37. The molecule has 0 bridgehead atoms. The smallest absolute Gasteiger partial charge is 0.233 e. The van der Waals surface area contributed by atoms with Gasteiger partial charge in [-0.15, -0.1) is 0 Å². The molecule has 3 heteroatoms. The quantitative estimate of drug-likeness (QED) is 0.443. The van der Waals surface area contributed by atoms with Crippen molar-refractivity contribution in [3.63, 3.8) is 0 Å². The van der Waals surface area contributed by atoms with Gasteiger partial charge in [-0.2, -0.15) is 0 Å². The molecule has 0 aliphatic heterocycles. The lowest BCUT2D eigenvalue weighted by atomic mass is 9.85. The first-order chi connectivity index (χ1) is 7.46. The molecule has 1 aromatic carbocycles. The molecule has 1 aromatic rings. The predicted octanol–water partition coefficient (Wildman–Crippen LogP) is 2.51. The molecule has 0 aromatic heterocycles. The van der Waals surface area contributed by atoms with Crippen molar-refractivity contribution in [2.45, 2.75) is 20.8 Å². The third kappa shape index (κ3) is 2.86. The first-order valence-electron chi connectivity index (χ1n) is 5.08. The number of carbonyl (C=O) groups excluding carboxylic acids is 2. The van der Waals surface area contributed by atoms with Crippen molar-refractivity contribution in [2.75, 3.05) is 0 Å². The van der Waals surface area contributed by atoms with Gasteiger partial charge in [-0.25, -0.2) is 4.99 Å². The van der Waals surface area contributed by atoms with Gasteiger partial charge in [-0.05, 0) is 0 Å². The van der Waals surface area contributed by atoms with Gasteiger partial charge in [0.1, 0.15) is 0 Å². The molecule has 0 radical (unpaired) electrons. The third-order valence-corrected chi connectivity index (χ3v) is 2.14. The van der Waals surface area contributed by atoms with Gasteiger partial charge < -0.3 is 0 Å². The topological polar surface area (TPSA) is 46.5 Å². The fraction of sp³-hybridized carbons (Fsp3) is 0.308. The lowest BCUT2D eigenvalue weighted by Gasteiger charge is -2.19. The first kappa shape index (κ1) is 12.3. The molecule has 0 saturated carbocycles. The predicted molar refractivity (Wildman–Crippen MR) is 63.7 cm³/mol. The summed E-state index contributed by atoms with van der Waals surface area (Å²) in [6.45, 7) is 5.57. The maximum absolute atomic E-state index is 12.1. The van der Waals surface area contributed by atoms with E-state index in [1.54, 1.807) is 24.3 Å². The summed E-state index contributed by atoms with van der Waals surface area (Å²) in [6.07, 6.45) is 0.418. The van der Waals surface area contributed by atoms with Crippen molar-refractivity contribution in [2.24, 2.45) is 10.4 Å². The Balaban J connectivity index is 3.13. The highest BCUT2D eigenvalue weighted by atomic mass is 16.1. The van der Waals surface area contributed by atoms with E-state index in [0.717, 1.165) is 0 Å². The van der Waals surface area contributed by atoms with Crippen LogP contribution in [0.2, 0.25) is 0 Å². The number of carbonyl (C=O) groups is 2. The van der Waals surface area contributed by atoms with Crippen molar-refractivity contribution in [1.82, 2.24) is 0 Å². The molecule has 1 amide bonds. The third-order valence-electron chi connectivity index (χ3n) is 2.14. The lowest BCUT2D eigenvalue weighted by molar-refractivity contribution is -0.106. The van der Waals surface area contributed by atoms with E-state index in [0.29, 0.717) is 12.0 Å². The summed E-state index contributed by atoms with van der Waals surface area (Å²) in [4.78, 5) is 26.2. The Morgan fingerprint density at radius 1 is 1.19 bits per heavy atom. The summed E-state index contributed by atoms with van der Waals surface area (Å²) < 4.78 is 0. The number of nitrogens with zero attached hydrogens (tertiary/aromatic N) is 1. The number of Topliss-reactive ketones (excluding diaryl/α,β-unsaturated/α-hetero) is 1. The van der Waals surface area contributed by atoms with Crippen LogP contribution in [0.4, 0.5) is 0 Å². The molecule has 0 unspecified atom stereocenters. The van der Waals surface area contributed by atoms with E-state index in [1.807, 2.05) is 26.8 Å². The number of hydrogen-bond acceptors (Lipinski definition) is 2. The van der Waals surface area contributed by atoms with Crippen molar-refractivity contribution in [3.05, 3.63) is 35.9 Å². The van der Waals surface area contributed by atoms with Gasteiger partial charge in [0, 0.05) is 11.0 Å². The van der Waals surface area contributed by atoms with Crippen LogP contribution in [0.15, 0.2) is 35.3 Å². The van der Waals surface area contributed by atoms with Crippen molar-refractivity contribution < 1.29 is 9.59 Å². The SMILES string of the molecule is CC(C)(C)C(=NC=O)C(=O)c1ccccc1. The van der Waals surface area contributed by atoms with Crippen LogP contribution < -0.4 is 0 Å². The van der Waals surface area contributed by atoms with Crippen LogP contribution in [-0.2, 0) is 4.79 Å². The summed E-state index contributed by atoms with van der Waals surface area (Å²) in [5, 5.41) is 0. The number of amides is 1. The highest BCUT2D eigenvalue weighted by Gasteiger charge is 2.26. The minimum atomic E-state index is -0.437. The zero-order valence-electron chi connectivity index (χ0n) is 9.73. The summed E-state index contributed by atoms with van der Waals surface area (Å²) >= 11 is 0. The van der Waals surface area contributed by atoms with Gasteiger partial charge in [0.25, 0.3) is 0 Å². The summed E-state index contributed by atoms with van der Waals surface area (Å²) in [5.74, 6) is -0.194. The average molecular weight is 217 g/mol. The molecule has 0 spiro atoms. The van der Waals surface area contributed by atoms with Crippen molar-refractivity contribution in [1.29, 1.82) is 0 Å². The maximum Gasteiger partial charge on any atom is 0.233 e. The highest BCUT2D eigenvalue weighted by Crippen LogP contribution is 2.19. The minimum Gasteiger partial charge on any atom is -0.287 e. The van der Waals surface area contributed by atoms with Gasteiger partial charge in [-0.3, -0.25) is 9.59 Å².